The summed E-state index contributed by atoms with van der Waals surface area (Å²) < 4.78 is 40.2. The van der Waals surface area contributed by atoms with Gasteiger partial charge in [0.15, 0.2) is 0 Å². The second-order valence-electron chi connectivity index (χ2n) is 4.97. The number of carboxylic acid groups (broad SMARTS) is 1. The van der Waals surface area contributed by atoms with Gasteiger partial charge in [0.05, 0.1) is 16.6 Å². The van der Waals surface area contributed by atoms with Crippen LogP contribution in [0.1, 0.15) is 29.0 Å². The molecule has 0 spiro atoms. The van der Waals surface area contributed by atoms with E-state index in [1.807, 2.05) is 0 Å². The first-order chi connectivity index (χ1) is 9.38. The summed E-state index contributed by atoms with van der Waals surface area (Å²) in [5.74, 6) is -2.09. The number of fused-ring (bicyclic) bond motifs is 1. The third-order valence-electron chi connectivity index (χ3n) is 3.39. The number of hydrogen-bond acceptors (Lipinski definition) is 2. The molecule has 7 heteroatoms. The van der Waals surface area contributed by atoms with Crippen LogP contribution in [-0.2, 0) is 12.7 Å². The van der Waals surface area contributed by atoms with Gasteiger partial charge in [0.2, 0.25) is 5.82 Å². The van der Waals surface area contributed by atoms with Crippen molar-refractivity contribution in [2.45, 2.75) is 25.6 Å². The largest absolute Gasteiger partial charge is 0.478 e. The van der Waals surface area contributed by atoms with Gasteiger partial charge in [-0.3, -0.25) is 0 Å². The molecule has 106 valence electrons. The monoisotopic (exact) mass is 284 g/mol. The number of alkyl halides is 3. The number of benzene rings is 1. The Morgan fingerprint density at radius 2 is 2.10 bits per heavy atom. The molecule has 0 aliphatic heterocycles. The van der Waals surface area contributed by atoms with Crippen molar-refractivity contribution >= 4 is 17.0 Å². The lowest BCUT2D eigenvalue weighted by atomic mass is 10.2. The van der Waals surface area contributed by atoms with E-state index in [0.29, 0.717) is 0 Å². The van der Waals surface area contributed by atoms with Gasteiger partial charge in [-0.05, 0) is 30.9 Å². The van der Waals surface area contributed by atoms with Gasteiger partial charge in [-0.1, -0.05) is 6.07 Å². The summed E-state index contributed by atoms with van der Waals surface area (Å²) in [7, 11) is 0. The van der Waals surface area contributed by atoms with Crippen LogP contribution in [0.2, 0.25) is 0 Å². The van der Waals surface area contributed by atoms with E-state index >= 15 is 0 Å². The Morgan fingerprint density at radius 1 is 1.40 bits per heavy atom. The third-order valence-corrected chi connectivity index (χ3v) is 3.39. The number of halogens is 3. The molecule has 0 atom stereocenters. The normalized spacial score (nSPS) is 15.8. The molecule has 0 unspecified atom stereocenters. The van der Waals surface area contributed by atoms with E-state index in [2.05, 4.69) is 4.98 Å². The number of carboxylic acids is 1. The first-order valence-corrected chi connectivity index (χ1v) is 6.17. The number of rotatable bonds is 3. The predicted molar refractivity (Wildman–Crippen MR) is 64.4 cm³/mol. The summed E-state index contributed by atoms with van der Waals surface area (Å²) in [5, 5.41) is 9.15. The van der Waals surface area contributed by atoms with Crippen molar-refractivity contribution in [1.82, 2.24) is 9.55 Å². The standard InChI is InChI=1S/C13H11F3N2O2/c14-13(15,16)12-17-9-3-1-2-8(11(19)20)10(9)18(12)6-7-4-5-7/h1-3,7H,4-6H2,(H,19,20). The Labute approximate surface area is 111 Å². The van der Waals surface area contributed by atoms with Crippen molar-refractivity contribution in [2.24, 2.45) is 5.92 Å². The van der Waals surface area contributed by atoms with Gasteiger partial charge in [-0.15, -0.1) is 0 Å². The molecule has 1 aliphatic carbocycles. The third kappa shape index (κ3) is 2.13. The first kappa shape index (κ1) is 13.0. The van der Waals surface area contributed by atoms with Gasteiger partial charge in [0.1, 0.15) is 0 Å². The minimum atomic E-state index is -4.59. The molecule has 2 aromatic rings. The maximum absolute atomic E-state index is 13.1. The first-order valence-electron chi connectivity index (χ1n) is 6.17. The van der Waals surface area contributed by atoms with E-state index in [1.54, 1.807) is 0 Å². The molecule has 0 bridgehead atoms. The van der Waals surface area contributed by atoms with Crippen molar-refractivity contribution in [3.05, 3.63) is 29.6 Å². The van der Waals surface area contributed by atoms with Gasteiger partial charge in [-0.25, -0.2) is 9.78 Å². The summed E-state index contributed by atoms with van der Waals surface area (Å²) in [5.41, 5.74) is -0.0248. The highest BCUT2D eigenvalue weighted by atomic mass is 19.4. The van der Waals surface area contributed by atoms with E-state index in [4.69, 9.17) is 5.11 Å². The molecule has 0 saturated heterocycles. The molecule has 4 nitrogen and oxygen atoms in total. The van der Waals surface area contributed by atoms with Crippen molar-refractivity contribution in [1.29, 1.82) is 0 Å². The topological polar surface area (TPSA) is 55.1 Å². The van der Waals surface area contributed by atoms with Crippen LogP contribution in [-0.4, -0.2) is 20.6 Å². The molecular formula is C13H11F3N2O2. The summed E-state index contributed by atoms with van der Waals surface area (Å²) in [6, 6.07) is 4.11. The minimum Gasteiger partial charge on any atom is -0.478 e. The maximum Gasteiger partial charge on any atom is 0.449 e. The molecule has 1 aromatic carbocycles. The van der Waals surface area contributed by atoms with Crippen LogP contribution in [0.3, 0.4) is 0 Å². The summed E-state index contributed by atoms with van der Waals surface area (Å²) >= 11 is 0. The Kier molecular flexibility index (Phi) is 2.74. The molecule has 1 aromatic heterocycles. The lowest BCUT2D eigenvalue weighted by molar-refractivity contribution is -0.147. The number of para-hydroxylation sites is 1. The number of aromatic nitrogens is 2. The fraction of sp³-hybridized carbons (Fsp3) is 0.385. The highest BCUT2D eigenvalue weighted by Crippen LogP contribution is 2.37. The van der Waals surface area contributed by atoms with E-state index < -0.39 is 18.0 Å². The second-order valence-corrected chi connectivity index (χ2v) is 4.97. The number of nitrogens with zero attached hydrogens (tertiary/aromatic N) is 2. The number of imidazole rings is 1. The molecule has 1 N–H and O–H groups in total. The van der Waals surface area contributed by atoms with Crippen LogP contribution in [0.25, 0.3) is 11.0 Å². The fourth-order valence-corrected chi connectivity index (χ4v) is 2.31. The smallest absolute Gasteiger partial charge is 0.449 e. The van der Waals surface area contributed by atoms with E-state index in [-0.39, 0.29) is 29.1 Å². The molecule has 20 heavy (non-hydrogen) atoms. The predicted octanol–water partition coefficient (Wildman–Crippen LogP) is 3.16. The summed E-state index contributed by atoms with van der Waals surface area (Å²) in [6.07, 6.45) is -2.86. The van der Waals surface area contributed by atoms with Crippen molar-refractivity contribution in [2.75, 3.05) is 0 Å². The Morgan fingerprint density at radius 3 is 2.65 bits per heavy atom. The Hall–Kier alpha value is -2.05. The van der Waals surface area contributed by atoms with Gasteiger partial charge >= 0.3 is 12.1 Å². The van der Waals surface area contributed by atoms with Crippen molar-refractivity contribution < 1.29 is 23.1 Å². The Balaban J connectivity index is 2.28. The van der Waals surface area contributed by atoms with Crippen molar-refractivity contribution in [3.63, 3.8) is 0 Å². The second kappa shape index (κ2) is 4.22. The van der Waals surface area contributed by atoms with Crippen LogP contribution < -0.4 is 0 Å². The van der Waals surface area contributed by atoms with Gasteiger partial charge < -0.3 is 9.67 Å². The highest BCUT2D eigenvalue weighted by molar-refractivity contribution is 6.01. The molecule has 0 amide bonds. The molecule has 1 fully saturated rings. The quantitative estimate of drug-likeness (QED) is 0.941. The van der Waals surface area contributed by atoms with Crippen LogP contribution in [0, 0.1) is 5.92 Å². The van der Waals surface area contributed by atoms with Gasteiger partial charge in [-0.2, -0.15) is 13.2 Å². The van der Waals surface area contributed by atoms with Crippen molar-refractivity contribution in [3.8, 4) is 0 Å². The van der Waals surface area contributed by atoms with Crippen LogP contribution in [0.4, 0.5) is 13.2 Å². The van der Waals surface area contributed by atoms with Crippen LogP contribution >= 0.6 is 0 Å². The SMILES string of the molecule is O=C(O)c1cccc2nc(C(F)(F)F)n(CC3CC3)c12. The van der Waals surface area contributed by atoms with E-state index in [9.17, 15) is 18.0 Å². The zero-order valence-corrected chi connectivity index (χ0v) is 10.3. The van der Waals surface area contributed by atoms with E-state index in [0.717, 1.165) is 17.4 Å². The zero-order valence-electron chi connectivity index (χ0n) is 10.3. The van der Waals surface area contributed by atoms with Gasteiger partial charge in [0, 0.05) is 6.54 Å². The summed E-state index contributed by atoms with van der Waals surface area (Å²) in [4.78, 5) is 14.8. The Bertz CT molecular complexity index is 687. The summed E-state index contributed by atoms with van der Waals surface area (Å²) in [6.45, 7) is 0.162. The molecule has 0 radical (unpaired) electrons. The lowest BCUT2D eigenvalue weighted by Crippen LogP contribution is -2.16. The van der Waals surface area contributed by atoms with E-state index in [1.165, 1.54) is 18.2 Å². The van der Waals surface area contributed by atoms with Crippen LogP contribution in [0.15, 0.2) is 18.2 Å². The van der Waals surface area contributed by atoms with Crippen LogP contribution in [0.5, 0.6) is 0 Å². The lowest BCUT2D eigenvalue weighted by Gasteiger charge is -2.11. The molecule has 1 saturated carbocycles. The fourth-order valence-electron chi connectivity index (χ4n) is 2.31. The van der Waals surface area contributed by atoms with Gasteiger partial charge in [0.25, 0.3) is 0 Å². The molecule has 3 rings (SSSR count). The number of carbonyl (C=O) groups is 1. The number of hydrogen-bond donors (Lipinski definition) is 1. The average Bonchev–Trinajstić information content (AvgIpc) is 3.08. The molecule has 1 heterocycles. The minimum absolute atomic E-state index is 0.0548. The molecule has 1 aliphatic rings. The zero-order chi connectivity index (χ0) is 14.5. The maximum atomic E-state index is 13.1. The number of aromatic carboxylic acids is 1. The average molecular weight is 284 g/mol. The molecular weight excluding hydrogens is 273 g/mol. The highest BCUT2D eigenvalue weighted by Gasteiger charge is 2.39.